The largest absolute Gasteiger partial charge is 0.359 e. The zero-order valence-corrected chi connectivity index (χ0v) is 17.1. The number of hydrogen-bond donors (Lipinski definition) is 1. The third-order valence-electron chi connectivity index (χ3n) is 5.35. The number of fused-ring (bicyclic) bond motifs is 1. The lowest BCUT2D eigenvalue weighted by Gasteiger charge is -2.35. The highest BCUT2D eigenvalue weighted by Gasteiger charge is 2.22. The zero-order chi connectivity index (χ0) is 19.3. The molecule has 0 bridgehead atoms. The third-order valence-corrected chi connectivity index (χ3v) is 6.22. The molecule has 0 unspecified atom stereocenters. The Bertz CT molecular complexity index is 968. The summed E-state index contributed by atoms with van der Waals surface area (Å²) >= 11 is 1.44. The molecule has 3 heterocycles. The standard InChI is InChI=1S/C21H27N5OS/c1-2-3-12-25-13-8-7-11-17(25)15-22-20-24-26-19(27)14-18(23-21(26)28-20)16-9-5-4-6-10-16/h4-6,9-10,14,17H,2-3,7-8,11-13,15H2,1H3,(H,22,24)/t17-/m1/s1. The fraction of sp³-hybridized carbons (Fsp3) is 0.476. The van der Waals surface area contributed by atoms with Crippen LogP contribution in [0.1, 0.15) is 39.0 Å². The predicted octanol–water partition coefficient (Wildman–Crippen LogP) is 3.88. The van der Waals surface area contributed by atoms with Crippen molar-refractivity contribution in [3.05, 3.63) is 46.8 Å². The van der Waals surface area contributed by atoms with Crippen molar-refractivity contribution in [1.82, 2.24) is 19.5 Å². The van der Waals surface area contributed by atoms with Crippen LogP contribution >= 0.6 is 11.3 Å². The zero-order valence-electron chi connectivity index (χ0n) is 16.3. The van der Waals surface area contributed by atoms with Crippen LogP contribution in [0, 0.1) is 0 Å². The summed E-state index contributed by atoms with van der Waals surface area (Å²) < 4.78 is 1.40. The van der Waals surface area contributed by atoms with Gasteiger partial charge in [0.25, 0.3) is 5.56 Å². The van der Waals surface area contributed by atoms with Gasteiger partial charge in [0, 0.05) is 24.2 Å². The van der Waals surface area contributed by atoms with Crippen molar-refractivity contribution < 1.29 is 0 Å². The summed E-state index contributed by atoms with van der Waals surface area (Å²) in [6.07, 6.45) is 6.28. The summed E-state index contributed by atoms with van der Waals surface area (Å²) in [7, 11) is 0. The Morgan fingerprint density at radius 3 is 2.93 bits per heavy atom. The quantitative estimate of drug-likeness (QED) is 0.655. The van der Waals surface area contributed by atoms with Crippen LogP contribution in [0.2, 0.25) is 0 Å². The number of nitrogens with zero attached hydrogens (tertiary/aromatic N) is 4. The van der Waals surface area contributed by atoms with Crippen LogP contribution < -0.4 is 10.9 Å². The van der Waals surface area contributed by atoms with Gasteiger partial charge in [0.15, 0.2) is 0 Å². The molecule has 2 aromatic heterocycles. The van der Waals surface area contributed by atoms with Crippen LogP contribution in [-0.2, 0) is 0 Å². The molecule has 1 aliphatic heterocycles. The van der Waals surface area contributed by atoms with Gasteiger partial charge >= 0.3 is 0 Å². The van der Waals surface area contributed by atoms with Crippen molar-refractivity contribution in [2.45, 2.75) is 45.1 Å². The maximum atomic E-state index is 12.5. The Balaban J connectivity index is 1.50. The van der Waals surface area contributed by atoms with E-state index in [9.17, 15) is 4.79 Å². The van der Waals surface area contributed by atoms with E-state index in [0.717, 1.165) is 17.2 Å². The number of benzene rings is 1. The Morgan fingerprint density at radius 2 is 2.11 bits per heavy atom. The SMILES string of the molecule is CCCCN1CCCC[C@@H]1CNc1nn2c(=O)cc(-c3ccccc3)nc2s1. The highest BCUT2D eigenvalue weighted by Crippen LogP contribution is 2.22. The number of anilines is 1. The molecule has 1 atom stereocenters. The molecule has 0 radical (unpaired) electrons. The first kappa shape index (κ1) is 19.1. The molecule has 28 heavy (non-hydrogen) atoms. The molecule has 0 spiro atoms. The van der Waals surface area contributed by atoms with E-state index < -0.39 is 0 Å². The van der Waals surface area contributed by atoms with Crippen LogP contribution in [0.5, 0.6) is 0 Å². The second-order valence-electron chi connectivity index (χ2n) is 7.37. The number of aromatic nitrogens is 3. The second kappa shape index (κ2) is 8.84. The Hall–Kier alpha value is -2.25. The Kier molecular flexibility index (Phi) is 6.02. The molecular formula is C21H27N5OS. The normalized spacial score (nSPS) is 17.8. The molecular weight excluding hydrogens is 370 g/mol. The summed E-state index contributed by atoms with van der Waals surface area (Å²) in [5.74, 6) is 0. The van der Waals surface area contributed by atoms with E-state index >= 15 is 0 Å². The number of unbranched alkanes of at least 4 members (excludes halogenated alkanes) is 1. The predicted molar refractivity (Wildman–Crippen MR) is 115 cm³/mol. The summed E-state index contributed by atoms with van der Waals surface area (Å²) in [6.45, 7) is 5.47. The molecule has 1 fully saturated rings. The van der Waals surface area contributed by atoms with Crippen molar-refractivity contribution in [3.63, 3.8) is 0 Å². The molecule has 1 saturated heterocycles. The summed E-state index contributed by atoms with van der Waals surface area (Å²) in [6, 6.07) is 11.9. The monoisotopic (exact) mass is 397 g/mol. The van der Waals surface area contributed by atoms with Crippen LogP contribution in [0.3, 0.4) is 0 Å². The summed E-state index contributed by atoms with van der Waals surface area (Å²) in [5.41, 5.74) is 1.49. The first-order valence-electron chi connectivity index (χ1n) is 10.2. The van der Waals surface area contributed by atoms with E-state index in [1.807, 2.05) is 30.3 Å². The second-order valence-corrected chi connectivity index (χ2v) is 8.32. The number of piperidine rings is 1. The molecule has 3 aromatic rings. The lowest BCUT2D eigenvalue weighted by Crippen LogP contribution is -2.44. The number of likely N-dealkylation sites (tertiary alicyclic amines) is 1. The lowest BCUT2D eigenvalue weighted by atomic mass is 10.0. The van der Waals surface area contributed by atoms with Crippen LogP contribution in [0.15, 0.2) is 41.2 Å². The van der Waals surface area contributed by atoms with E-state index in [-0.39, 0.29) is 5.56 Å². The fourth-order valence-corrected chi connectivity index (χ4v) is 4.60. The highest BCUT2D eigenvalue weighted by atomic mass is 32.1. The molecule has 1 aliphatic rings. The minimum atomic E-state index is -0.143. The maximum absolute atomic E-state index is 12.5. The molecule has 4 rings (SSSR count). The average Bonchev–Trinajstić information content (AvgIpc) is 3.15. The van der Waals surface area contributed by atoms with E-state index in [2.05, 4.69) is 27.2 Å². The van der Waals surface area contributed by atoms with Crippen LogP contribution in [0.25, 0.3) is 16.2 Å². The fourth-order valence-electron chi connectivity index (χ4n) is 3.79. The van der Waals surface area contributed by atoms with Gasteiger partial charge in [-0.1, -0.05) is 61.4 Å². The number of hydrogen-bond acceptors (Lipinski definition) is 6. The van der Waals surface area contributed by atoms with Gasteiger partial charge in [0.2, 0.25) is 10.1 Å². The molecule has 1 aromatic carbocycles. The average molecular weight is 398 g/mol. The van der Waals surface area contributed by atoms with Gasteiger partial charge < -0.3 is 5.32 Å². The Morgan fingerprint density at radius 1 is 1.25 bits per heavy atom. The number of nitrogens with one attached hydrogen (secondary N) is 1. The molecule has 1 N–H and O–H groups in total. The topological polar surface area (TPSA) is 62.5 Å². The molecule has 0 amide bonds. The van der Waals surface area contributed by atoms with Crippen LogP contribution in [-0.4, -0.2) is 45.2 Å². The maximum Gasteiger partial charge on any atom is 0.275 e. The van der Waals surface area contributed by atoms with Gasteiger partial charge in [-0.25, -0.2) is 4.98 Å². The molecule has 6 nitrogen and oxygen atoms in total. The van der Waals surface area contributed by atoms with E-state index in [1.54, 1.807) is 6.07 Å². The summed E-state index contributed by atoms with van der Waals surface area (Å²) in [5, 5.41) is 8.67. The lowest BCUT2D eigenvalue weighted by molar-refractivity contribution is 0.154. The van der Waals surface area contributed by atoms with Gasteiger partial charge in [-0.2, -0.15) is 4.52 Å². The Labute approximate surface area is 169 Å². The van der Waals surface area contributed by atoms with Crippen LogP contribution in [0.4, 0.5) is 5.13 Å². The van der Waals surface area contributed by atoms with Crippen molar-refractivity contribution in [2.24, 2.45) is 0 Å². The minimum Gasteiger partial charge on any atom is -0.359 e. The van der Waals surface area contributed by atoms with E-state index in [0.29, 0.717) is 16.7 Å². The van der Waals surface area contributed by atoms with Gasteiger partial charge in [-0.15, -0.1) is 5.10 Å². The van der Waals surface area contributed by atoms with Gasteiger partial charge in [-0.3, -0.25) is 9.69 Å². The molecule has 148 valence electrons. The molecule has 7 heteroatoms. The smallest absolute Gasteiger partial charge is 0.275 e. The van der Waals surface area contributed by atoms with Crippen molar-refractivity contribution in [2.75, 3.05) is 25.0 Å². The van der Waals surface area contributed by atoms with E-state index in [4.69, 9.17) is 0 Å². The van der Waals surface area contributed by atoms with Crippen molar-refractivity contribution in [3.8, 4) is 11.3 Å². The molecule has 0 aliphatic carbocycles. The van der Waals surface area contributed by atoms with E-state index in [1.165, 1.54) is 61.0 Å². The highest BCUT2D eigenvalue weighted by molar-refractivity contribution is 7.20. The molecule has 0 saturated carbocycles. The van der Waals surface area contributed by atoms with Gasteiger partial charge in [-0.05, 0) is 32.4 Å². The first-order valence-corrected chi connectivity index (χ1v) is 11.0. The van der Waals surface area contributed by atoms with Crippen molar-refractivity contribution in [1.29, 1.82) is 0 Å². The minimum absolute atomic E-state index is 0.143. The number of rotatable bonds is 7. The summed E-state index contributed by atoms with van der Waals surface area (Å²) in [4.78, 5) is 20.4. The first-order chi connectivity index (χ1) is 13.7. The third kappa shape index (κ3) is 4.25. The van der Waals surface area contributed by atoms with Gasteiger partial charge in [0.1, 0.15) is 0 Å². The van der Waals surface area contributed by atoms with Gasteiger partial charge in [0.05, 0.1) is 5.69 Å². The van der Waals surface area contributed by atoms with Crippen molar-refractivity contribution >= 4 is 21.4 Å².